The summed E-state index contributed by atoms with van der Waals surface area (Å²) in [6.07, 6.45) is 1.49. The van der Waals surface area contributed by atoms with E-state index in [1.807, 2.05) is 16.8 Å². The van der Waals surface area contributed by atoms with Gasteiger partial charge in [0.1, 0.15) is 5.69 Å². The lowest BCUT2D eigenvalue weighted by atomic mass is 10.4. The highest BCUT2D eigenvalue weighted by Gasteiger charge is 2.09. The summed E-state index contributed by atoms with van der Waals surface area (Å²) in [5.41, 5.74) is 0.632. The van der Waals surface area contributed by atoms with Crippen LogP contribution in [-0.2, 0) is 11.3 Å². The van der Waals surface area contributed by atoms with Gasteiger partial charge in [0.05, 0.1) is 12.7 Å². The van der Waals surface area contributed by atoms with Crippen LogP contribution in [0.15, 0.2) is 18.3 Å². The number of methoxy groups -OCH3 is 1. The molecule has 0 aromatic carbocycles. The SMILES string of the molecule is COCCn1cccc1C(=O)NCCNCC(C)O. The predicted molar refractivity (Wildman–Crippen MR) is 73.2 cm³/mol. The van der Waals surface area contributed by atoms with Gasteiger partial charge in [-0.25, -0.2) is 0 Å². The molecule has 1 aromatic heterocycles. The van der Waals surface area contributed by atoms with Gasteiger partial charge in [-0.05, 0) is 19.1 Å². The molecule has 0 aliphatic rings. The van der Waals surface area contributed by atoms with Crippen molar-refractivity contribution in [1.82, 2.24) is 15.2 Å². The third kappa shape index (κ3) is 5.87. The Hall–Kier alpha value is -1.37. The summed E-state index contributed by atoms with van der Waals surface area (Å²) < 4.78 is 6.86. The van der Waals surface area contributed by atoms with Crippen molar-refractivity contribution in [2.75, 3.05) is 33.4 Å². The van der Waals surface area contributed by atoms with Crippen molar-refractivity contribution in [3.05, 3.63) is 24.0 Å². The molecular formula is C13H23N3O3. The van der Waals surface area contributed by atoms with E-state index in [1.165, 1.54) is 0 Å². The Morgan fingerprint density at radius 1 is 1.53 bits per heavy atom. The fourth-order valence-corrected chi connectivity index (χ4v) is 1.67. The average Bonchev–Trinajstić information content (AvgIpc) is 2.83. The van der Waals surface area contributed by atoms with Crippen LogP contribution in [0.2, 0.25) is 0 Å². The monoisotopic (exact) mass is 269 g/mol. The topological polar surface area (TPSA) is 75.5 Å². The lowest BCUT2D eigenvalue weighted by Crippen LogP contribution is -2.35. The van der Waals surface area contributed by atoms with E-state index in [2.05, 4.69) is 10.6 Å². The van der Waals surface area contributed by atoms with Crippen LogP contribution in [-0.4, -0.2) is 55.0 Å². The molecule has 1 heterocycles. The summed E-state index contributed by atoms with van der Waals surface area (Å²) in [7, 11) is 1.64. The van der Waals surface area contributed by atoms with Gasteiger partial charge in [0, 0.05) is 39.5 Å². The van der Waals surface area contributed by atoms with E-state index in [0.29, 0.717) is 38.5 Å². The smallest absolute Gasteiger partial charge is 0.267 e. The van der Waals surface area contributed by atoms with Crippen LogP contribution in [0.1, 0.15) is 17.4 Å². The minimum absolute atomic E-state index is 0.0973. The fourth-order valence-electron chi connectivity index (χ4n) is 1.67. The van der Waals surface area contributed by atoms with E-state index < -0.39 is 0 Å². The number of carbonyl (C=O) groups excluding carboxylic acids is 1. The number of amides is 1. The molecule has 3 N–H and O–H groups in total. The summed E-state index contributed by atoms with van der Waals surface area (Å²) in [5, 5.41) is 14.9. The van der Waals surface area contributed by atoms with Gasteiger partial charge in [-0.2, -0.15) is 0 Å². The first-order valence-electron chi connectivity index (χ1n) is 6.46. The van der Waals surface area contributed by atoms with Gasteiger partial charge < -0.3 is 25.0 Å². The van der Waals surface area contributed by atoms with Crippen LogP contribution in [0, 0.1) is 0 Å². The first kappa shape index (κ1) is 15.7. The number of aliphatic hydroxyl groups excluding tert-OH is 1. The zero-order chi connectivity index (χ0) is 14.1. The zero-order valence-electron chi connectivity index (χ0n) is 11.6. The highest BCUT2D eigenvalue weighted by molar-refractivity contribution is 5.92. The second kappa shape index (κ2) is 8.68. The number of hydrogen-bond acceptors (Lipinski definition) is 4. The van der Waals surface area contributed by atoms with Crippen molar-refractivity contribution >= 4 is 5.91 Å². The molecule has 0 spiro atoms. The number of aliphatic hydroxyl groups is 1. The largest absolute Gasteiger partial charge is 0.392 e. The lowest BCUT2D eigenvalue weighted by molar-refractivity contribution is 0.0941. The second-order valence-corrected chi connectivity index (χ2v) is 4.39. The number of rotatable bonds is 9. The highest BCUT2D eigenvalue weighted by atomic mass is 16.5. The van der Waals surface area contributed by atoms with Gasteiger partial charge in [-0.1, -0.05) is 0 Å². The van der Waals surface area contributed by atoms with Crippen LogP contribution < -0.4 is 10.6 Å². The van der Waals surface area contributed by atoms with Crippen LogP contribution in [0.4, 0.5) is 0 Å². The molecule has 6 nitrogen and oxygen atoms in total. The molecule has 0 aliphatic heterocycles. The maximum atomic E-state index is 11.9. The maximum Gasteiger partial charge on any atom is 0.267 e. The third-order valence-corrected chi connectivity index (χ3v) is 2.63. The molecule has 0 bridgehead atoms. The van der Waals surface area contributed by atoms with Gasteiger partial charge in [0.2, 0.25) is 0 Å². The van der Waals surface area contributed by atoms with Crippen LogP contribution in [0.5, 0.6) is 0 Å². The summed E-state index contributed by atoms with van der Waals surface area (Å²) in [4.78, 5) is 11.9. The van der Waals surface area contributed by atoms with E-state index in [-0.39, 0.29) is 12.0 Å². The summed E-state index contributed by atoms with van der Waals surface area (Å²) in [6, 6.07) is 3.63. The van der Waals surface area contributed by atoms with Gasteiger partial charge in [-0.15, -0.1) is 0 Å². The van der Waals surface area contributed by atoms with Crippen molar-refractivity contribution in [1.29, 1.82) is 0 Å². The number of hydrogen-bond donors (Lipinski definition) is 3. The number of carbonyl (C=O) groups is 1. The zero-order valence-corrected chi connectivity index (χ0v) is 11.6. The predicted octanol–water partition coefficient (Wildman–Crippen LogP) is -0.165. The Kier molecular flexibility index (Phi) is 7.17. The molecule has 1 amide bonds. The van der Waals surface area contributed by atoms with Gasteiger partial charge >= 0.3 is 0 Å². The normalized spacial score (nSPS) is 12.4. The molecule has 1 atom stereocenters. The Morgan fingerprint density at radius 2 is 2.32 bits per heavy atom. The molecule has 0 saturated carbocycles. The molecule has 0 radical (unpaired) electrons. The maximum absolute atomic E-state index is 11.9. The lowest BCUT2D eigenvalue weighted by Gasteiger charge is -2.10. The van der Waals surface area contributed by atoms with Crippen LogP contribution in [0.3, 0.4) is 0 Å². The van der Waals surface area contributed by atoms with E-state index >= 15 is 0 Å². The molecule has 1 unspecified atom stereocenters. The number of aromatic nitrogens is 1. The van der Waals surface area contributed by atoms with Crippen molar-refractivity contribution in [3.63, 3.8) is 0 Å². The Balaban J connectivity index is 2.31. The van der Waals surface area contributed by atoms with Crippen molar-refractivity contribution in [2.45, 2.75) is 19.6 Å². The minimum atomic E-state index is -0.373. The van der Waals surface area contributed by atoms with Crippen molar-refractivity contribution in [2.24, 2.45) is 0 Å². The molecule has 6 heteroatoms. The number of ether oxygens (including phenoxy) is 1. The quantitative estimate of drug-likeness (QED) is 0.544. The molecule has 0 aliphatic carbocycles. The first-order chi connectivity index (χ1) is 9.15. The van der Waals surface area contributed by atoms with Crippen LogP contribution in [0.25, 0.3) is 0 Å². The molecule has 1 rings (SSSR count). The standard InChI is InChI=1S/C13H23N3O3/c1-11(17)10-14-5-6-15-13(18)12-4-3-7-16(12)8-9-19-2/h3-4,7,11,14,17H,5-6,8-10H2,1-2H3,(H,15,18). The highest BCUT2D eigenvalue weighted by Crippen LogP contribution is 2.02. The van der Waals surface area contributed by atoms with Crippen molar-refractivity contribution < 1.29 is 14.6 Å². The molecule has 19 heavy (non-hydrogen) atoms. The molecule has 0 fully saturated rings. The fraction of sp³-hybridized carbons (Fsp3) is 0.615. The molecule has 108 valence electrons. The Bertz CT molecular complexity index is 377. The average molecular weight is 269 g/mol. The molecule has 1 aromatic rings. The molecular weight excluding hydrogens is 246 g/mol. The Morgan fingerprint density at radius 3 is 3.00 bits per heavy atom. The summed E-state index contributed by atoms with van der Waals surface area (Å²) in [5.74, 6) is -0.0973. The molecule has 0 saturated heterocycles. The summed E-state index contributed by atoms with van der Waals surface area (Å²) >= 11 is 0. The van der Waals surface area contributed by atoms with E-state index in [1.54, 1.807) is 20.1 Å². The Labute approximate surface area is 113 Å². The van der Waals surface area contributed by atoms with E-state index in [9.17, 15) is 4.79 Å². The van der Waals surface area contributed by atoms with E-state index in [4.69, 9.17) is 9.84 Å². The van der Waals surface area contributed by atoms with Gasteiger partial charge in [0.15, 0.2) is 0 Å². The summed E-state index contributed by atoms with van der Waals surface area (Å²) in [6.45, 7) is 4.64. The first-order valence-corrected chi connectivity index (χ1v) is 6.46. The van der Waals surface area contributed by atoms with Crippen LogP contribution >= 0.6 is 0 Å². The van der Waals surface area contributed by atoms with Gasteiger partial charge in [-0.3, -0.25) is 4.79 Å². The van der Waals surface area contributed by atoms with E-state index in [0.717, 1.165) is 0 Å². The third-order valence-electron chi connectivity index (χ3n) is 2.63. The number of nitrogens with one attached hydrogen (secondary N) is 2. The number of nitrogens with zero attached hydrogens (tertiary/aromatic N) is 1. The second-order valence-electron chi connectivity index (χ2n) is 4.39. The minimum Gasteiger partial charge on any atom is -0.392 e. The van der Waals surface area contributed by atoms with Crippen molar-refractivity contribution in [3.8, 4) is 0 Å². The van der Waals surface area contributed by atoms with Gasteiger partial charge in [0.25, 0.3) is 5.91 Å².